The number of rotatable bonds is 3. The molecule has 0 saturated carbocycles. The van der Waals surface area contributed by atoms with Crippen molar-refractivity contribution >= 4 is 11.0 Å². The molecule has 0 bridgehead atoms. The molecule has 0 saturated heterocycles. The minimum absolute atomic E-state index is 0. The molecule has 0 N–H and O–H groups in total. The third-order valence-corrected chi connectivity index (χ3v) is 3.23. The van der Waals surface area contributed by atoms with Gasteiger partial charge in [-0.2, -0.15) is 0 Å². The first-order chi connectivity index (χ1) is 9.80. The summed E-state index contributed by atoms with van der Waals surface area (Å²) in [6.07, 6.45) is 0. The zero-order valence-electron chi connectivity index (χ0n) is 11.8. The van der Waals surface area contributed by atoms with E-state index in [9.17, 15) is 0 Å². The molecule has 0 amide bonds. The largest absolute Gasteiger partial charge is 1.00 e. The van der Waals surface area contributed by atoms with Crippen molar-refractivity contribution in [2.45, 2.75) is 0 Å². The lowest BCUT2D eigenvalue weighted by atomic mass is 10.1. The Hall–Kier alpha value is -2.26. The molecule has 0 aliphatic heterocycles. The van der Waals surface area contributed by atoms with E-state index in [0.717, 1.165) is 33.8 Å². The van der Waals surface area contributed by atoms with Crippen LogP contribution < -0.4 is 21.9 Å². The molecule has 3 nitrogen and oxygen atoms in total. The summed E-state index contributed by atoms with van der Waals surface area (Å²) in [6.45, 7) is 0. The zero-order chi connectivity index (χ0) is 13.9. The quantitative estimate of drug-likeness (QED) is 0.685. The molecule has 2 aromatic carbocycles. The van der Waals surface area contributed by atoms with Crippen LogP contribution in [0, 0.1) is 0 Å². The van der Waals surface area contributed by atoms with E-state index in [1.807, 2.05) is 54.6 Å². The van der Waals surface area contributed by atoms with Crippen LogP contribution in [0.25, 0.3) is 22.3 Å². The molecule has 108 valence electrons. The summed E-state index contributed by atoms with van der Waals surface area (Å²) in [5.74, 6) is 2.48. The van der Waals surface area contributed by atoms with E-state index in [4.69, 9.17) is 13.9 Å². The van der Waals surface area contributed by atoms with Gasteiger partial charge in [0, 0.05) is 12.1 Å². The molecular weight excluding hydrogens is 288 g/mol. The Morgan fingerprint density at radius 1 is 0.762 bits per heavy atom. The minimum atomic E-state index is 0. The van der Waals surface area contributed by atoms with E-state index in [1.54, 1.807) is 14.2 Å². The highest BCUT2D eigenvalue weighted by atomic mass is 35.5. The van der Waals surface area contributed by atoms with Gasteiger partial charge in [-0.3, -0.25) is 0 Å². The highest BCUT2D eigenvalue weighted by Crippen LogP contribution is 2.28. The van der Waals surface area contributed by atoms with E-state index in [1.165, 1.54) is 0 Å². The smallest absolute Gasteiger partial charge is 0.361 e. The topological polar surface area (TPSA) is 29.8 Å². The molecule has 0 unspecified atom stereocenters. The van der Waals surface area contributed by atoms with Crippen LogP contribution in [0.15, 0.2) is 59.0 Å². The van der Waals surface area contributed by atoms with E-state index >= 15 is 0 Å². The standard InChI is InChI=1S/C17H15O3.ClH/c1-18-14-6-3-12(4-7-14)16-9-5-13-11-15(19-2)8-10-17(13)20-16;/h3-11H,1-2H3;1H/q+1;/p-1. The van der Waals surface area contributed by atoms with Crippen molar-refractivity contribution in [3.05, 3.63) is 54.6 Å². The van der Waals surface area contributed by atoms with Gasteiger partial charge in [0.15, 0.2) is 0 Å². The number of benzene rings is 2. The number of hydrogen-bond acceptors (Lipinski definition) is 2. The van der Waals surface area contributed by atoms with Crippen molar-refractivity contribution in [2.75, 3.05) is 14.2 Å². The Morgan fingerprint density at radius 2 is 1.43 bits per heavy atom. The fraction of sp³-hybridized carbons (Fsp3) is 0.118. The number of hydrogen-bond donors (Lipinski definition) is 0. The predicted octanol–water partition coefficient (Wildman–Crippen LogP) is 1.40. The highest BCUT2D eigenvalue weighted by molar-refractivity contribution is 5.80. The van der Waals surface area contributed by atoms with Crippen LogP contribution in [0.3, 0.4) is 0 Å². The van der Waals surface area contributed by atoms with Crippen LogP contribution in [-0.2, 0) is 0 Å². The monoisotopic (exact) mass is 302 g/mol. The third-order valence-electron chi connectivity index (χ3n) is 3.23. The molecule has 0 atom stereocenters. The van der Waals surface area contributed by atoms with E-state index in [0.29, 0.717) is 0 Å². The van der Waals surface area contributed by atoms with E-state index in [2.05, 4.69) is 0 Å². The molecule has 0 aliphatic carbocycles. The SMILES string of the molecule is COc1ccc(-c2ccc3cc(OC)ccc3[o+]2)cc1.[Cl-]. The first kappa shape index (κ1) is 15.1. The normalized spacial score (nSPS) is 10.0. The van der Waals surface area contributed by atoms with E-state index < -0.39 is 0 Å². The van der Waals surface area contributed by atoms with Crippen LogP contribution in [0.5, 0.6) is 11.5 Å². The Labute approximate surface area is 129 Å². The zero-order valence-corrected chi connectivity index (χ0v) is 12.6. The van der Waals surface area contributed by atoms with Crippen molar-refractivity contribution in [3.8, 4) is 22.8 Å². The average molecular weight is 303 g/mol. The van der Waals surface area contributed by atoms with Crippen LogP contribution in [0.1, 0.15) is 0 Å². The molecule has 0 aliphatic rings. The maximum absolute atomic E-state index is 5.92. The highest BCUT2D eigenvalue weighted by Gasteiger charge is 2.14. The number of ether oxygens (including phenoxy) is 2. The molecule has 4 heteroatoms. The van der Waals surface area contributed by atoms with E-state index in [-0.39, 0.29) is 12.4 Å². The van der Waals surface area contributed by atoms with Gasteiger partial charge in [-0.05, 0) is 42.5 Å². The lowest BCUT2D eigenvalue weighted by Crippen LogP contribution is -3.00. The molecule has 3 rings (SSSR count). The van der Waals surface area contributed by atoms with Crippen molar-refractivity contribution in [1.82, 2.24) is 0 Å². The van der Waals surface area contributed by atoms with Gasteiger partial charge in [0.25, 0.3) is 0 Å². The van der Waals surface area contributed by atoms with Gasteiger partial charge >= 0.3 is 11.3 Å². The Kier molecular flexibility index (Phi) is 4.66. The van der Waals surface area contributed by atoms with Gasteiger partial charge in [-0.25, -0.2) is 4.42 Å². The average Bonchev–Trinajstić information content (AvgIpc) is 2.54. The lowest BCUT2D eigenvalue weighted by molar-refractivity contribution is -0.00000507. The van der Waals surface area contributed by atoms with Crippen LogP contribution in [0.4, 0.5) is 0 Å². The fourth-order valence-electron chi connectivity index (χ4n) is 2.11. The van der Waals surface area contributed by atoms with Gasteiger partial charge in [-0.1, -0.05) is 0 Å². The van der Waals surface area contributed by atoms with Gasteiger partial charge in [0.2, 0.25) is 0 Å². The molecule has 21 heavy (non-hydrogen) atoms. The summed E-state index contributed by atoms with van der Waals surface area (Å²) in [4.78, 5) is 0. The molecule has 3 aromatic rings. The molecular formula is C17H15ClO3. The molecule has 0 fully saturated rings. The molecule has 1 aromatic heterocycles. The first-order valence-electron chi connectivity index (χ1n) is 6.35. The molecule has 0 spiro atoms. The second-order valence-electron chi connectivity index (χ2n) is 4.43. The van der Waals surface area contributed by atoms with Crippen LogP contribution >= 0.6 is 0 Å². The van der Waals surface area contributed by atoms with Crippen molar-refractivity contribution < 1.29 is 26.3 Å². The number of fused-ring (bicyclic) bond motifs is 1. The second kappa shape index (κ2) is 6.46. The molecule has 1 heterocycles. The van der Waals surface area contributed by atoms with Gasteiger partial charge < -0.3 is 21.9 Å². The summed E-state index contributed by atoms with van der Waals surface area (Å²) < 4.78 is 16.3. The van der Waals surface area contributed by atoms with Gasteiger partial charge in [-0.15, -0.1) is 0 Å². The fourth-order valence-corrected chi connectivity index (χ4v) is 2.11. The Morgan fingerprint density at radius 3 is 2.10 bits per heavy atom. The summed E-state index contributed by atoms with van der Waals surface area (Å²) in [5, 5.41) is 1.02. The second-order valence-corrected chi connectivity index (χ2v) is 4.43. The van der Waals surface area contributed by atoms with Crippen LogP contribution in [0.2, 0.25) is 0 Å². The van der Waals surface area contributed by atoms with Gasteiger partial charge in [0.05, 0.1) is 25.2 Å². The first-order valence-corrected chi connectivity index (χ1v) is 6.35. The Bertz CT molecular complexity index is 739. The maximum Gasteiger partial charge on any atom is 0.361 e. The van der Waals surface area contributed by atoms with Crippen LogP contribution in [-0.4, -0.2) is 14.2 Å². The summed E-state index contributed by atoms with van der Waals surface area (Å²) in [5.41, 5.74) is 1.85. The summed E-state index contributed by atoms with van der Waals surface area (Å²) in [6, 6.07) is 17.6. The predicted molar refractivity (Wildman–Crippen MR) is 79.2 cm³/mol. The van der Waals surface area contributed by atoms with Gasteiger partial charge in [0.1, 0.15) is 11.5 Å². The van der Waals surface area contributed by atoms with Crippen molar-refractivity contribution in [1.29, 1.82) is 0 Å². The van der Waals surface area contributed by atoms with Crippen molar-refractivity contribution in [2.24, 2.45) is 0 Å². The number of halogens is 1. The summed E-state index contributed by atoms with van der Waals surface area (Å²) >= 11 is 0. The molecule has 0 radical (unpaired) electrons. The lowest BCUT2D eigenvalue weighted by Gasteiger charge is -1.99. The maximum atomic E-state index is 5.92. The summed E-state index contributed by atoms with van der Waals surface area (Å²) in [7, 11) is 3.31. The minimum Gasteiger partial charge on any atom is -1.00 e. The number of methoxy groups -OCH3 is 2. The Balaban J connectivity index is 0.00000161. The third kappa shape index (κ3) is 3.09. The van der Waals surface area contributed by atoms with Crippen molar-refractivity contribution in [3.63, 3.8) is 0 Å².